The fourth-order valence-corrected chi connectivity index (χ4v) is 3.39. The van der Waals surface area contributed by atoms with E-state index in [0.29, 0.717) is 18.9 Å². The SMILES string of the molecule is CN(C)C(=O)Cn1ccc2cc(NC(=O)CC3CCCC3)ccc21. The van der Waals surface area contributed by atoms with E-state index >= 15 is 0 Å². The third-order valence-electron chi connectivity index (χ3n) is 4.81. The first-order valence-corrected chi connectivity index (χ1v) is 8.62. The smallest absolute Gasteiger partial charge is 0.241 e. The zero-order chi connectivity index (χ0) is 17.1. The van der Waals surface area contributed by atoms with Gasteiger partial charge in [0.2, 0.25) is 11.8 Å². The predicted octanol–water partition coefficient (Wildman–Crippen LogP) is 3.25. The van der Waals surface area contributed by atoms with E-state index in [1.807, 2.05) is 35.0 Å². The fourth-order valence-electron chi connectivity index (χ4n) is 3.39. The van der Waals surface area contributed by atoms with Crippen molar-refractivity contribution in [3.05, 3.63) is 30.5 Å². The first-order chi connectivity index (χ1) is 11.5. The number of fused-ring (bicyclic) bond motifs is 1. The summed E-state index contributed by atoms with van der Waals surface area (Å²) in [4.78, 5) is 25.6. The minimum Gasteiger partial charge on any atom is -0.347 e. The molecule has 128 valence electrons. The van der Waals surface area contributed by atoms with E-state index in [9.17, 15) is 9.59 Å². The Morgan fingerprint density at radius 1 is 1.21 bits per heavy atom. The van der Waals surface area contributed by atoms with Crippen LogP contribution in [0.1, 0.15) is 32.1 Å². The maximum absolute atomic E-state index is 12.2. The van der Waals surface area contributed by atoms with Crippen molar-refractivity contribution in [2.45, 2.75) is 38.6 Å². The molecule has 2 aromatic rings. The van der Waals surface area contributed by atoms with Gasteiger partial charge in [-0.15, -0.1) is 0 Å². The lowest BCUT2D eigenvalue weighted by Gasteiger charge is -2.12. The van der Waals surface area contributed by atoms with Crippen molar-refractivity contribution in [1.29, 1.82) is 0 Å². The Hall–Kier alpha value is -2.30. The number of benzene rings is 1. The Balaban J connectivity index is 1.68. The Kier molecular flexibility index (Phi) is 4.88. The van der Waals surface area contributed by atoms with Gasteiger partial charge < -0.3 is 14.8 Å². The molecule has 1 saturated carbocycles. The van der Waals surface area contributed by atoms with E-state index in [4.69, 9.17) is 0 Å². The standard InChI is InChI=1S/C19H25N3O2/c1-21(2)19(24)13-22-10-9-15-12-16(7-8-17(15)22)20-18(23)11-14-5-3-4-6-14/h7-10,12,14H,3-6,11,13H2,1-2H3,(H,20,23). The number of rotatable bonds is 5. The lowest BCUT2D eigenvalue weighted by Crippen LogP contribution is -2.25. The number of anilines is 1. The van der Waals surface area contributed by atoms with Crippen LogP contribution in [0.4, 0.5) is 5.69 Å². The molecule has 5 heteroatoms. The fraction of sp³-hybridized carbons (Fsp3) is 0.474. The molecule has 1 fully saturated rings. The van der Waals surface area contributed by atoms with Gasteiger partial charge >= 0.3 is 0 Å². The molecule has 0 bridgehead atoms. The molecular formula is C19H25N3O2. The molecule has 24 heavy (non-hydrogen) atoms. The maximum atomic E-state index is 12.2. The molecule has 2 amide bonds. The van der Waals surface area contributed by atoms with Gasteiger partial charge in [-0.2, -0.15) is 0 Å². The quantitative estimate of drug-likeness (QED) is 0.916. The number of hydrogen-bond acceptors (Lipinski definition) is 2. The first-order valence-electron chi connectivity index (χ1n) is 8.62. The monoisotopic (exact) mass is 327 g/mol. The summed E-state index contributed by atoms with van der Waals surface area (Å²) in [6.07, 6.45) is 7.39. The number of nitrogens with one attached hydrogen (secondary N) is 1. The largest absolute Gasteiger partial charge is 0.347 e. The summed E-state index contributed by atoms with van der Waals surface area (Å²) in [5.41, 5.74) is 1.82. The van der Waals surface area contributed by atoms with Gasteiger partial charge in [-0.25, -0.2) is 0 Å². The van der Waals surface area contributed by atoms with Crippen LogP contribution in [-0.4, -0.2) is 35.4 Å². The highest BCUT2D eigenvalue weighted by molar-refractivity contribution is 5.94. The molecular weight excluding hydrogens is 302 g/mol. The molecule has 1 N–H and O–H groups in total. The Labute approximate surface area is 142 Å². The van der Waals surface area contributed by atoms with Crippen LogP contribution in [-0.2, 0) is 16.1 Å². The van der Waals surface area contributed by atoms with E-state index in [1.165, 1.54) is 25.7 Å². The number of aromatic nitrogens is 1. The van der Waals surface area contributed by atoms with E-state index in [0.717, 1.165) is 16.6 Å². The number of carbonyl (C=O) groups excluding carboxylic acids is 2. The number of likely N-dealkylation sites (N-methyl/N-ethyl adjacent to an activating group) is 1. The van der Waals surface area contributed by atoms with Gasteiger partial charge in [-0.3, -0.25) is 9.59 Å². The zero-order valence-electron chi connectivity index (χ0n) is 14.4. The minimum atomic E-state index is 0.0569. The van der Waals surface area contributed by atoms with Gasteiger partial charge in [0.25, 0.3) is 0 Å². The molecule has 0 unspecified atom stereocenters. The highest BCUT2D eigenvalue weighted by Crippen LogP contribution is 2.28. The summed E-state index contributed by atoms with van der Waals surface area (Å²) < 4.78 is 1.93. The van der Waals surface area contributed by atoms with Crippen LogP contribution >= 0.6 is 0 Å². The topological polar surface area (TPSA) is 54.3 Å². The summed E-state index contributed by atoms with van der Waals surface area (Å²) in [6.45, 7) is 0.323. The van der Waals surface area contributed by atoms with Gasteiger partial charge in [0, 0.05) is 43.3 Å². The van der Waals surface area contributed by atoms with Crippen LogP contribution in [0.15, 0.2) is 30.5 Å². The number of carbonyl (C=O) groups is 2. The van der Waals surface area contributed by atoms with Crippen molar-refractivity contribution in [3.63, 3.8) is 0 Å². The lowest BCUT2D eigenvalue weighted by atomic mass is 10.0. The van der Waals surface area contributed by atoms with Crippen LogP contribution in [0.5, 0.6) is 0 Å². The molecule has 1 aliphatic carbocycles. The van der Waals surface area contributed by atoms with E-state index < -0.39 is 0 Å². The van der Waals surface area contributed by atoms with Gasteiger partial charge in [0.15, 0.2) is 0 Å². The molecule has 1 aromatic heterocycles. The molecule has 0 spiro atoms. The molecule has 0 radical (unpaired) electrons. The predicted molar refractivity (Wildman–Crippen MR) is 95.8 cm³/mol. The normalized spacial score (nSPS) is 14.9. The molecule has 1 heterocycles. The third-order valence-corrected chi connectivity index (χ3v) is 4.81. The zero-order valence-corrected chi connectivity index (χ0v) is 14.4. The van der Waals surface area contributed by atoms with E-state index in [-0.39, 0.29) is 11.8 Å². The average Bonchev–Trinajstić information content (AvgIpc) is 3.17. The summed E-state index contributed by atoms with van der Waals surface area (Å²) in [5.74, 6) is 0.705. The second-order valence-corrected chi connectivity index (χ2v) is 6.91. The second kappa shape index (κ2) is 7.07. The summed E-state index contributed by atoms with van der Waals surface area (Å²) in [7, 11) is 3.51. The van der Waals surface area contributed by atoms with Gasteiger partial charge in [0.05, 0.1) is 0 Å². The number of amides is 2. The highest BCUT2D eigenvalue weighted by Gasteiger charge is 2.18. The Morgan fingerprint density at radius 2 is 1.96 bits per heavy atom. The molecule has 1 aromatic carbocycles. The lowest BCUT2D eigenvalue weighted by molar-refractivity contribution is -0.129. The van der Waals surface area contributed by atoms with Gasteiger partial charge in [-0.1, -0.05) is 12.8 Å². The van der Waals surface area contributed by atoms with Crippen LogP contribution in [0.25, 0.3) is 10.9 Å². The minimum absolute atomic E-state index is 0.0569. The highest BCUT2D eigenvalue weighted by atomic mass is 16.2. The second-order valence-electron chi connectivity index (χ2n) is 6.91. The Bertz CT molecular complexity index is 742. The summed E-state index contributed by atoms with van der Waals surface area (Å²) in [5, 5.41) is 4.03. The van der Waals surface area contributed by atoms with Crippen LogP contribution in [0.3, 0.4) is 0 Å². The van der Waals surface area contributed by atoms with E-state index in [1.54, 1.807) is 19.0 Å². The molecule has 0 aliphatic heterocycles. The van der Waals surface area contributed by atoms with Crippen molar-refractivity contribution < 1.29 is 9.59 Å². The van der Waals surface area contributed by atoms with Crippen LogP contribution < -0.4 is 5.32 Å². The van der Waals surface area contributed by atoms with Crippen molar-refractivity contribution in [2.75, 3.05) is 19.4 Å². The Morgan fingerprint density at radius 3 is 2.67 bits per heavy atom. The molecule has 5 nitrogen and oxygen atoms in total. The molecule has 0 atom stereocenters. The third kappa shape index (κ3) is 3.78. The van der Waals surface area contributed by atoms with Crippen molar-refractivity contribution in [2.24, 2.45) is 5.92 Å². The average molecular weight is 327 g/mol. The summed E-state index contributed by atoms with van der Waals surface area (Å²) in [6, 6.07) is 7.82. The first kappa shape index (κ1) is 16.6. The van der Waals surface area contributed by atoms with Gasteiger partial charge in [0.1, 0.15) is 6.54 Å². The molecule has 3 rings (SSSR count). The van der Waals surface area contributed by atoms with Crippen LogP contribution in [0, 0.1) is 5.92 Å². The summed E-state index contributed by atoms with van der Waals surface area (Å²) >= 11 is 0. The van der Waals surface area contributed by atoms with Crippen molar-refractivity contribution in [3.8, 4) is 0 Å². The van der Waals surface area contributed by atoms with Crippen molar-refractivity contribution >= 4 is 28.4 Å². The molecule has 1 aliphatic rings. The number of nitrogens with zero attached hydrogens (tertiary/aromatic N) is 2. The maximum Gasteiger partial charge on any atom is 0.241 e. The van der Waals surface area contributed by atoms with Crippen LogP contribution in [0.2, 0.25) is 0 Å². The van der Waals surface area contributed by atoms with E-state index in [2.05, 4.69) is 5.32 Å². The van der Waals surface area contributed by atoms with Crippen molar-refractivity contribution in [1.82, 2.24) is 9.47 Å². The van der Waals surface area contributed by atoms with Gasteiger partial charge in [-0.05, 0) is 43.0 Å². The number of hydrogen-bond donors (Lipinski definition) is 1. The molecule has 0 saturated heterocycles.